The summed E-state index contributed by atoms with van der Waals surface area (Å²) in [5.41, 5.74) is 29.0. The fourth-order valence-electron chi connectivity index (χ4n) is 3.72. The molecule has 0 bridgehead atoms. The van der Waals surface area contributed by atoms with Crippen LogP contribution in [-0.4, -0.2) is 79.1 Å². The minimum atomic E-state index is -0.935. The molecule has 0 aliphatic carbocycles. The Morgan fingerprint density at radius 2 is 0.838 bits per heavy atom. The van der Waals surface area contributed by atoms with Crippen molar-refractivity contribution < 1.29 is 24.3 Å². The first-order valence-electron chi connectivity index (χ1n) is 13.3. The highest BCUT2D eigenvalue weighted by atomic mass is 16.4. The lowest BCUT2D eigenvalue weighted by atomic mass is 10.1. The highest BCUT2D eigenvalue weighted by Crippen LogP contribution is 2.03. The number of aliphatic carboxylic acids is 1. The molecule has 0 rings (SSSR count). The zero-order valence-corrected chi connectivity index (χ0v) is 22.1. The van der Waals surface area contributed by atoms with Crippen molar-refractivity contribution in [3.8, 4) is 0 Å². The molecule has 13 nitrogen and oxygen atoms in total. The van der Waals surface area contributed by atoms with Crippen molar-refractivity contribution in [2.24, 2.45) is 28.7 Å². The second kappa shape index (κ2) is 21.7. The van der Waals surface area contributed by atoms with Gasteiger partial charge in [-0.25, -0.2) is 0 Å². The number of carboxylic acid groups (broad SMARTS) is 1. The lowest BCUT2D eigenvalue weighted by Gasteiger charge is -2.14. The zero-order valence-electron chi connectivity index (χ0n) is 22.1. The Labute approximate surface area is 220 Å². The molecule has 4 atom stereocenters. The summed E-state index contributed by atoms with van der Waals surface area (Å²) in [6.07, 6.45) is 5.69. The number of hydrogen-bond acceptors (Lipinski definition) is 9. The van der Waals surface area contributed by atoms with Gasteiger partial charge in [0.05, 0.1) is 6.42 Å². The van der Waals surface area contributed by atoms with Gasteiger partial charge in [0.15, 0.2) is 0 Å². The monoisotopic (exact) mass is 530 g/mol. The van der Waals surface area contributed by atoms with E-state index in [4.69, 9.17) is 33.8 Å². The van der Waals surface area contributed by atoms with Crippen LogP contribution in [0, 0.1) is 0 Å². The van der Waals surface area contributed by atoms with E-state index >= 15 is 0 Å². The van der Waals surface area contributed by atoms with E-state index in [0.717, 1.165) is 12.8 Å². The minimum absolute atomic E-state index is 0.0899. The summed E-state index contributed by atoms with van der Waals surface area (Å²) in [5, 5.41) is 17.1. The molecule has 13 heteroatoms. The number of nitrogens with two attached hydrogens (primary N) is 5. The van der Waals surface area contributed by atoms with Crippen LogP contribution >= 0.6 is 0 Å². The number of hydrogen-bond donors (Lipinski definition) is 9. The molecule has 0 spiro atoms. The summed E-state index contributed by atoms with van der Waals surface area (Å²) in [6, 6.07) is -1.22. The van der Waals surface area contributed by atoms with Gasteiger partial charge >= 0.3 is 5.97 Å². The van der Waals surface area contributed by atoms with Crippen LogP contribution in [-0.2, 0) is 19.2 Å². The van der Waals surface area contributed by atoms with Crippen molar-refractivity contribution in [1.29, 1.82) is 0 Å². The van der Waals surface area contributed by atoms with Crippen molar-refractivity contribution in [3.05, 3.63) is 0 Å². The van der Waals surface area contributed by atoms with E-state index in [0.29, 0.717) is 64.7 Å². The van der Waals surface area contributed by atoms with Crippen LogP contribution in [0.3, 0.4) is 0 Å². The maximum absolute atomic E-state index is 12.1. The standard InChI is InChI=1S/C24H50N8O5/c25-9-1-5-17(26)13-21(33)30-10-2-6-18(27)14-22(34)31-11-3-7-19(28)15-23(35)32-12-4-8-20(29)16-24(36)37/h17-20H,1-16,25-29H2,(H,30,33)(H,31,34)(H,32,35)(H,36,37)/t17-,18-,19-,20-/m0/s1. The van der Waals surface area contributed by atoms with Crippen molar-refractivity contribution in [3.63, 3.8) is 0 Å². The number of nitrogens with one attached hydrogen (secondary N) is 3. The smallest absolute Gasteiger partial charge is 0.304 e. The maximum Gasteiger partial charge on any atom is 0.304 e. The average molecular weight is 531 g/mol. The molecule has 0 saturated heterocycles. The number of carbonyl (C=O) groups is 4. The van der Waals surface area contributed by atoms with Gasteiger partial charge < -0.3 is 49.7 Å². The number of rotatable bonds is 23. The Morgan fingerprint density at radius 1 is 0.541 bits per heavy atom. The third-order valence-corrected chi connectivity index (χ3v) is 5.78. The third kappa shape index (κ3) is 22.6. The predicted molar refractivity (Wildman–Crippen MR) is 143 cm³/mol. The van der Waals surface area contributed by atoms with E-state index in [2.05, 4.69) is 16.0 Å². The molecule has 0 radical (unpaired) electrons. The topological polar surface area (TPSA) is 255 Å². The minimum Gasteiger partial charge on any atom is -0.481 e. The van der Waals surface area contributed by atoms with Crippen molar-refractivity contribution in [1.82, 2.24) is 16.0 Å². The molecule has 0 unspecified atom stereocenters. The lowest BCUT2D eigenvalue weighted by Crippen LogP contribution is -2.35. The molecule has 0 aliphatic heterocycles. The molecule has 37 heavy (non-hydrogen) atoms. The van der Waals surface area contributed by atoms with Crippen molar-refractivity contribution in [2.45, 2.75) is 101 Å². The molecule has 216 valence electrons. The van der Waals surface area contributed by atoms with Gasteiger partial charge in [0.1, 0.15) is 0 Å². The van der Waals surface area contributed by atoms with Gasteiger partial charge in [0, 0.05) is 63.1 Å². The van der Waals surface area contributed by atoms with E-state index in [1.807, 2.05) is 0 Å². The number of carbonyl (C=O) groups excluding carboxylic acids is 3. The molecular formula is C24H50N8O5. The molecule has 0 fully saturated rings. The van der Waals surface area contributed by atoms with Gasteiger partial charge in [-0.05, 0) is 57.9 Å². The highest BCUT2D eigenvalue weighted by Gasteiger charge is 2.13. The Morgan fingerprint density at radius 3 is 1.14 bits per heavy atom. The summed E-state index contributed by atoms with van der Waals surface area (Å²) < 4.78 is 0. The van der Waals surface area contributed by atoms with E-state index < -0.39 is 12.0 Å². The molecule has 0 aromatic carbocycles. The van der Waals surface area contributed by atoms with Crippen molar-refractivity contribution >= 4 is 23.7 Å². The summed E-state index contributed by atoms with van der Waals surface area (Å²) in [5.74, 6) is -1.34. The first kappa shape index (κ1) is 34.7. The van der Waals surface area contributed by atoms with Crippen LogP contribution in [0.5, 0.6) is 0 Å². The summed E-state index contributed by atoms with van der Waals surface area (Å²) >= 11 is 0. The van der Waals surface area contributed by atoms with Crippen LogP contribution in [0.15, 0.2) is 0 Å². The van der Waals surface area contributed by atoms with Crippen LogP contribution < -0.4 is 44.6 Å². The molecule has 0 aromatic rings. The molecule has 14 N–H and O–H groups in total. The third-order valence-electron chi connectivity index (χ3n) is 5.78. The predicted octanol–water partition coefficient (Wildman–Crippen LogP) is -1.63. The SMILES string of the molecule is NCCC[C@H](N)CC(=O)NCCC[C@H](N)CC(=O)NCCC[C@H](N)CC(=O)NCCC[C@H](N)CC(=O)O. The van der Waals surface area contributed by atoms with Crippen LogP contribution in [0.25, 0.3) is 0 Å². The average Bonchev–Trinajstić information content (AvgIpc) is 2.80. The summed E-state index contributed by atoms with van der Waals surface area (Å²) in [6.45, 7) is 1.92. The molecule has 0 aliphatic rings. The Kier molecular flexibility index (Phi) is 20.4. The number of amides is 3. The van der Waals surface area contributed by atoms with Gasteiger partial charge in [0.2, 0.25) is 17.7 Å². The Bertz CT molecular complexity index is 667. The molecule has 0 heterocycles. The van der Waals surface area contributed by atoms with Crippen molar-refractivity contribution in [2.75, 3.05) is 26.2 Å². The normalized spacial score (nSPS) is 14.3. The highest BCUT2D eigenvalue weighted by molar-refractivity contribution is 5.77. The Hall–Kier alpha value is -2.32. The summed E-state index contributed by atoms with van der Waals surface area (Å²) in [4.78, 5) is 46.4. The Balaban J connectivity index is 3.77. The molecular weight excluding hydrogens is 480 g/mol. The second-order valence-corrected chi connectivity index (χ2v) is 9.66. The number of carboxylic acids is 1. The first-order valence-corrected chi connectivity index (χ1v) is 13.3. The van der Waals surface area contributed by atoms with Crippen LogP contribution in [0.1, 0.15) is 77.0 Å². The van der Waals surface area contributed by atoms with Gasteiger partial charge in [0.25, 0.3) is 0 Å². The van der Waals surface area contributed by atoms with Gasteiger partial charge in [-0.3, -0.25) is 19.2 Å². The maximum atomic E-state index is 12.1. The molecule has 0 aromatic heterocycles. The quantitative estimate of drug-likeness (QED) is 0.0681. The van der Waals surface area contributed by atoms with Gasteiger partial charge in [-0.2, -0.15) is 0 Å². The second-order valence-electron chi connectivity index (χ2n) is 9.66. The van der Waals surface area contributed by atoms with E-state index in [-0.39, 0.29) is 61.5 Å². The van der Waals surface area contributed by atoms with E-state index in [1.54, 1.807) is 0 Å². The van der Waals surface area contributed by atoms with Crippen LogP contribution in [0.4, 0.5) is 0 Å². The molecule has 3 amide bonds. The van der Waals surface area contributed by atoms with E-state index in [1.165, 1.54) is 0 Å². The summed E-state index contributed by atoms with van der Waals surface area (Å²) in [7, 11) is 0. The van der Waals surface area contributed by atoms with Gasteiger partial charge in [-0.1, -0.05) is 0 Å². The first-order chi connectivity index (χ1) is 17.5. The van der Waals surface area contributed by atoms with Crippen LogP contribution in [0.2, 0.25) is 0 Å². The van der Waals surface area contributed by atoms with Gasteiger partial charge in [-0.15, -0.1) is 0 Å². The van der Waals surface area contributed by atoms with E-state index in [9.17, 15) is 19.2 Å². The molecule has 0 saturated carbocycles. The largest absolute Gasteiger partial charge is 0.481 e. The lowest BCUT2D eigenvalue weighted by molar-refractivity contribution is -0.137. The fraction of sp³-hybridized carbons (Fsp3) is 0.833. The zero-order chi connectivity index (χ0) is 28.1. The fourth-order valence-corrected chi connectivity index (χ4v) is 3.72.